The number of likely N-dealkylation sites (N-methyl/N-ethyl adjacent to an activating group) is 1. The van der Waals surface area contributed by atoms with Crippen LogP contribution in [-0.4, -0.2) is 29.9 Å². The van der Waals surface area contributed by atoms with Gasteiger partial charge < -0.3 is 4.90 Å². The van der Waals surface area contributed by atoms with Gasteiger partial charge >= 0.3 is 0 Å². The molecule has 4 heteroatoms. The zero-order valence-electron chi connectivity index (χ0n) is 15.2. The van der Waals surface area contributed by atoms with Crippen LogP contribution < -0.4 is 4.90 Å². The molecule has 0 saturated heterocycles. The molecule has 3 rings (SSSR count). The van der Waals surface area contributed by atoms with Gasteiger partial charge in [0.05, 0.1) is 6.07 Å². The summed E-state index contributed by atoms with van der Waals surface area (Å²) in [5.74, 6) is -0.100. The SMILES string of the molecule is CCN(CC)C1=C(c2ccccc2)CC(C#N)N(c2ccccc2)C1=O. The van der Waals surface area contributed by atoms with E-state index in [4.69, 9.17) is 0 Å². The van der Waals surface area contributed by atoms with Gasteiger partial charge in [-0.2, -0.15) is 5.26 Å². The minimum absolute atomic E-state index is 0.100. The van der Waals surface area contributed by atoms with Gasteiger partial charge in [-0.3, -0.25) is 9.69 Å². The van der Waals surface area contributed by atoms with Crippen molar-refractivity contribution in [2.45, 2.75) is 26.3 Å². The second-order valence-electron chi connectivity index (χ2n) is 6.23. The number of amides is 1. The number of carbonyl (C=O) groups excluding carboxylic acids is 1. The summed E-state index contributed by atoms with van der Waals surface area (Å²) < 4.78 is 0. The maximum absolute atomic E-state index is 13.5. The summed E-state index contributed by atoms with van der Waals surface area (Å²) in [6.07, 6.45) is 0.521. The van der Waals surface area contributed by atoms with Gasteiger partial charge in [0.2, 0.25) is 0 Å². The number of nitriles is 1. The highest BCUT2D eigenvalue weighted by Crippen LogP contribution is 2.35. The average molecular weight is 345 g/mol. The number of nitrogens with zero attached hydrogens (tertiary/aromatic N) is 3. The molecule has 0 aromatic heterocycles. The summed E-state index contributed by atoms with van der Waals surface area (Å²) >= 11 is 0. The second-order valence-corrected chi connectivity index (χ2v) is 6.23. The first-order valence-corrected chi connectivity index (χ1v) is 9.03. The Hall–Kier alpha value is -3.06. The van der Waals surface area contributed by atoms with Crippen LogP contribution in [0.4, 0.5) is 5.69 Å². The quantitative estimate of drug-likeness (QED) is 0.821. The summed E-state index contributed by atoms with van der Waals surface area (Å²) in [6, 6.07) is 21.2. The van der Waals surface area contributed by atoms with E-state index in [1.165, 1.54) is 0 Å². The van der Waals surface area contributed by atoms with E-state index in [0.717, 1.165) is 29.9 Å². The Morgan fingerprint density at radius 2 is 1.62 bits per heavy atom. The summed E-state index contributed by atoms with van der Waals surface area (Å²) in [4.78, 5) is 17.2. The lowest BCUT2D eigenvalue weighted by Gasteiger charge is -2.38. The van der Waals surface area contributed by atoms with Crippen LogP contribution in [0.3, 0.4) is 0 Å². The van der Waals surface area contributed by atoms with Crippen molar-refractivity contribution in [2.24, 2.45) is 0 Å². The number of benzene rings is 2. The first kappa shape index (κ1) is 17.8. The molecular weight excluding hydrogens is 322 g/mol. The van der Waals surface area contributed by atoms with Crippen molar-refractivity contribution in [3.63, 3.8) is 0 Å². The van der Waals surface area contributed by atoms with Crippen molar-refractivity contribution in [3.8, 4) is 6.07 Å². The molecule has 1 heterocycles. The highest BCUT2D eigenvalue weighted by Gasteiger charge is 2.37. The Balaban J connectivity index is 2.18. The highest BCUT2D eigenvalue weighted by atomic mass is 16.2. The van der Waals surface area contributed by atoms with Gasteiger partial charge in [-0.15, -0.1) is 0 Å². The summed E-state index contributed by atoms with van der Waals surface area (Å²) in [6.45, 7) is 5.59. The van der Waals surface area contributed by atoms with Crippen LogP contribution in [0.5, 0.6) is 0 Å². The van der Waals surface area contributed by atoms with Crippen molar-refractivity contribution in [1.82, 2.24) is 4.90 Å². The van der Waals surface area contributed by atoms with E-state index < -0.39 is 6.04 Å². The van der Waals surface area contributed by atoms with Gasteiger partial charge in [0, 0.05) is 25.2 Å². The number of carbonyl (C=O) groups is 1. The lowest BCUT2D eigenvalue weighted by molar-refractivity contribution is -0.117. The van der Waals surface area contributed by atoms with Crippen molar-refractivity contribution in [1.29, 1.82) is 5.26 Å². The molecule has 26 heavy (non-hydrogen) atoms. The summed E-state index contributed by atoms with van der Waals surface area (Å²) in [7, 11) is 0. The molecule has 2 aromatic carbocycles. The monoisotopic (exact) mass is 345 g/mol. The van der Waals surface area contributed by atoms with Gasteiger partial charge in [0.15, 0.2) is 0 Å². The van der Waals surface area contributed by atoms with E-state index >= 15 is 0 Å². The Morgan fingerprint density at radius 3 is 2.15 bits per heavy atom. The zero-order valence-corrected chi connectivity index (χ0v) is 15.2. The molecule has 4 nitrogen and oxygen atoms in total. The molecule has 0 radical (unpaired) electrons. The molecule has 1 unspecified atom stereocenters. The molecule has 1 aliphatic rings. The first-order chi connectivity index (χ1) is 12.7. The van der Waals surface area contributed by atoms with E-state index in [0.29, 0.717) is 12.1 Å². The smallest absolute Gasteiger partial charge is 0.276 e. The summed E-state index contributed by atoms with van der Waals surface area (Å²) in [5, 5.41) is 9.76. The Morgan fingerprint density at radius 1 is 1.04 bits per heavy atom. The number of anilines is 1. The number of rotatable bonds is 5. The molecule has 0 spiro atoms. The van der Waals surface area contributed by atoms with Gasteiger partial charge in [0.25, 0.3) is 5.91 Å². The molecule has 2 aromatic rings. The third-order valence-corrected chi connectivity index (χ3v) is 4.80. The van der Waals surface area contributed by atoms with E-state index in [9.17, 15) is 10.1 Å². The fourth-order valence-corrected chi connectivity index (χ4v) is 3.52. The van der Waals surface area contributed by atoms with Crippen molar-refractivity contribution in [2.75, 3.05) is 18.0 Å². The fourth-order valence-electron chi connectivity index (χ4n) is 3.52. The molecule has 1 amide bonds. The van der Waals surface area contributed by atoms with E-state index in [-0.39, 0.29) is 5.91 Å². The predicted octanol–water partition coefficient (Wildman–Crippen LogP) is 4.07. The fraction of sp³-hybridized carbons (Fsp3) is 0.273. The van der Waals surface area contributed by atoms with Crippen LogP contribution in [0.2, 0.25) is 0 Å². The minimum Gasteiger partial charge on any atom is -0.367 e. The van der Waals surface area contributed by atoms with Crippen molar-refractivity contribution >= 4 is 17.2 Å². The van der Waals surface area contributed by atoms with Gasteiger partial charge in [-0.05, 0) is 37.1 Å². The molecule has 132 valence electrons. The molecule has 0 bridgehead atoms. The van der Waals surface area contributed by atoms with Crippen LogP contribution in [0, 0.1) is 11.3 Å². The maximum atomic E-state index is 13.5. The molecule has 1 aliphatic heterocycles. The number of para-hydroxylation sites is 1. The lowest BCUT2D eigenvalue weighted by atomic mass is 9.91. The van der Waals surface area contributed by atoms with Crippen LogP contribution in [-0.2, 0) is 4.79 Å². The van der Waals surface area contributed by atoms with Crippen molar-refractivity contribution in [3.05, 3.63) is 71.9 Å². The molecule has 0 saturated carbocycles. The molecule has 0 N–H and O–H groups in total. The Labute approximate surface area is 155 Å². The van der Waals surface area contributed by atoms with Gasteiger partial charge in [-0.1, -0.05) is 48.5 Å². The van der Waals surface area contributed by atoms with Crippen LogP contribution in [0.15, 0.2) is 66.4 Å². The molecule has 0 fully saturated rings. The molecule has 1 atom stereocenters. The third kappa shape index (κ3) is 3.21. The molecular formula is C22H23N3O. The van der Waals surface area contributed by atoms with E-state index in [1.54, 1.807) is 4.90 Å². The number of hydrogen-bond donors (Lipinski definition) is 0. The maximum Gasteiger partial charge on any atom is 0.276 e. The van der Waals surface area contributed by atoms with Crippen LogP contribution in [0.25, 0.3) is 5.57 Å². The van der Waals surface area contributed by atoms with E-state index in [1.807, 2.05) is 60.7 Å². The average Bonchev–Trinajstić information content (AvgIpc) is 2.70. The van der Waals surface area contributed by atoms with Gasteiger partial charge in [-0.25, -0.2) is 0 Å². The Bertz CT molecular complexity index is 833. The third-order valence-electron chi connectivity index (χ3n) is 4.80. The zero-order chi connectivity index (χ0) is 18.5. The predicted molar refractivity (Wildman–Crippen MR) is 104 cm³/mol. The Kier molecular flexibility index (Phi) is 5.38. The van der Waals surface area contributed by atoms with Crippen LogP contribution in [0.1, 0.15) is 25.8 Å². The van der Waals surface area contributed by atoms with Crippen molar-refractivity contribution < 1.29 is 4.79 Å². The largest absolute Gasteiger partial charge is 0.367 e. The second kappa shape index (κ2) is 7.88. The first-order valence-electron chi connectivity index (χ1n) is 9.03. The highest BCUT2D eigenvalue weighted by molar-refractivity contribution is 6.12. The minimum atomic E-state index is -0.514. The number of hydrogen-bond acceptors (Lipinski definition) is 3. The van der Waals surface area contributed by atoms with E-state index in [2.05, 4.69) is 24.8 Å². The standard InChI is InChI=1S/C22H23N3O/c1-3-24(4-2)21-20(17-11-7-5-8-12-17)15-19(16-23)25(22(21)26)18-13-9-6-10-14-18/h5-14,19H,3-4,15H2,1-2H3. The van der Waals surface area contributed by atoms with Gasteiger partial charge in [0.1, 0.15) is 11.7 Å². The topological polar surface area (TPSA) is 47.3 Å². The normalized spacial score (nSPS) is 17.2. The lowest BCUT2D eigenvalue weighted by Crippen LogP contribution is -2.48. The summed E-state index contributed by atoms with van der Waals surface area (Å²) in [5.41, 5.74) is 3.44. The molecule has 0 aliphatic carbocycles. The van der Waals surface area contributed by atoms with Crippen LogP contribution >= 0.6 is 0 Å².